The third-order valence-electron chi connectivity index (χ3n) is 2.86. The second-order valence-corrected chi connectivity index (χ2v) is 5.14. The predicted octanol–water partition coefficient (Wildman–Crippen LogP) is 4.00. The van der Waals surface area contributed by atoms with Crippen LogP contribution in [0.2, 0.25) is 0 Å². The maximum absolute atomic E-state index is 11.4. The van der Waals surface area contributed by atoms with Crippen molar-refractivity contribution in [2.75, 3.05) is 5.32 Å². The first kappa shape index (κ1) is 13.6. The number of aliphatic carboxylic acids is 1. The van der Waals surface area contributed by atoms with Crippen molar-refractivity contribution in [1.29, 1.82) is 0 Å². The van der Waals surface area contributed by atoms with Gasteiger partial charge >= 0.3 is 5.97 Å². The molecule has 19 heavy (non-hydrogen) atoms. The molecular formula is C15H14BrNO2. The van der Waals surface area contributed by atoms with Gasteiger partial charge in [-0.1, -0.05) is 52.3 Å². The first-order valence-corrected chi connectivity index (χ1v) is 6.67. The van der Waals surface area contributed by atoms with Gasteiger partial charge in [-0.25, -0.2) is 4.79 Å². The van der Waals surface area contributed by atoms with Crippen LogP contribution in [-0.2, 0) is 4.79 Å². The lowest BCUT2D eigenvalue weighted by Crippen LogP contribution is -2.20. The van der Waals surface area contributed by atoms with E-state index in [1.54, 1.807) is 12.1 Å². The number of hydrogen-bond acceptors (Lipinski definition) is 2. The van der Waals surface area contributed by atoms with Gasteiger partial charge in [0.25, 0.3) is 0 Å². The van der Waals surface area contributed by atoms with Crippen molar-refractivity contribution in [3.8, 4) is 0 Å². The molecule has 0 aliphatic carbocycles. The Labute approximate surface area is 120 Å². The SMILES string of the molecule is Cc1ccc(NC(C(=O)O)c2ccccc2)cc1Br. The summed E-state index contributed by atoms with van der Waals surface area (Å²) in [7, 11) is 0. The van der Waals surface area contributed by atoms with Gasteiger partial charge in [-0.2, -0.15) is 0 Å². The number of carboxylic acid groups (broad SMARTS) is 1. The molecule has 4 heteroatoms. The summed E-state index contributed by atoms with van der Waals surface area (Å²) in [6.07, 6.45) is 0. The molecule has 0 aliphatic heterocycles. The van der Waals surface area contributed by atoms with Crippen LogP contribution in [0.5, 0.6) is 0 Å². The average molecular weight is 320 g/mol. The maximum atomic E-state index is 11.4. The number of aryl methyl sites for hydroxylation is 1. The Bertz CT molecular complexity index is 584. The summed E-state index contributed by atoms with van der Waals surface area (Å²) in [4.78, 5) is 11.4. The molecule has 0 bridgehead atoms. The van der Waals surface area contributed by atoms with Crippen LogP contribution in [0.4, 0.5) is 5.69 Å². The molecule has 0 amide bonds. The normalized spacial score (nSPS) is 11.9. The van der Waals surface area contributed by atoms with Gasteiger partial charge < -0.3 is 10.4 Å². The second kappa shape index (κ2) is 5.89. The van der Waals surface area contributed by atoms with Crippen LogP contribution in [0.15, 0.2) is 53.0 Å². The van der Waals surface area contributed by atoms with Crippen LogP contribution in [0, 0.1) is 6.92 Å². The van der Waals surface area contributed by atoms with E-state index < -0.39 is 12.0 Å². The number of benzene rings is 2. The van der Waals surface area contributed by atoms with Crippen LogP contribution >= 0.6 is 15.9 Å². The molecule has 0 fully saturated rings. The van der Waals surface area contributed by atoms with Gasteiger partial charge in [0, 0.05) is 10.2 Å². The summed E-state index contributed by atoms with van der Waals surface area (Å²) >= 11 is 3.44. The minimum absolute atomic E-state index is 0.728. The predicted molar refractivity (Wildman–Crippen MR) is 79.3 cm³/mol. The molecule has 0 saturated carbocycles. The molecule has 2 N–H and O–H groups in total. The fraction of sp³-hybridized carbons (Fsp3) is 0.133. The first-order chi connectivity index (χ1) is 9.08. The molecule has 2 aromatic carbocycles. The third-order valence-corrected chi connectivity index (χ3v) is 3.72. The summed E-state index contributed by atoms with van der Waals surface area (Å²) in [6, 6.07) is 14.1. The fourth-order valence-corrected chi connectivity index (χ4v) is 2.16. The third kappa shape index (κ3) is 3.35. The fourth-order valence-electron chi connectivity index (χ4n) is 1.78. The van der Waals surface area contributed by atoms with E-state index in [1.807, 2.05) is 43.3 Å². The molecule has 0 saturated heterocycles. The summed E-state index contributed by atoms with van der Waals surface area (Å²) in [5.74, 6) is -0.900. The van der Waals surface area contributed by atoms with E-state index in [2.05, 4.69) is 21.2 Å². The summed E-state index contributed by atoms with van der Waals surface area (Å²) in [5, 5.41) is 12.4. The topological polar surface area (TPSA) is 49.3 Å². The van der Waals surface area contributed by atoms with Crippen molar-refractivity contribution in [3.63, 3.8) is 0 Å². The van der Waals surface area contributed by atoms with Crippen LogP contribution in [0.3, 0.4) is 0 Å². The number of anilines is 1. The number of halogens is 1. The lowest BCUT2D eigenvalue weighted by atomic mass is 10.1. The molecule has 3 nitrogen and oxygen atoms in total. The molecule has 2 rings (SSSR count). The van der Waals surface area contributed by atoms with Crippen molar-refractivity contribution in [2.24, 2.45) is 0 Å². The van der Waals surface area contributed by atoms with Gasteiger partial charge in [0.05, 0.1) is 0 Å². The van der Waals surface area contributed by atoms with Gasteiger partial charge in [0.15, 0.2) is 6.04 Å². The van der Waals surface area contributed by atoms with E-state index in [0.717, 1.165) is 21.3 Å². The smallest absolute Gasteiger partial charge is 0.330 e. The molecule has 0 aliphatic rings. The molecule has 0 aromatic heterocycles. The van der Waals surface area contributed by atoms with Crippen LogP contribution in [-0.4, -0.2) is 11.1 Å². The van der Waals surface area contributed by atoms with Gasteiger partial charge in [0.1, 0.15) is 0 Å². The molecule has 1 atom stereocenters. The number of rotatable bonds is 4. The Morgan fingerprint density at radius 2 is 1.89 bits per heavy atom. The van der Waals surface area contributed by atoms with Gasteiger partial charge in [0.2, 0.25) is 0 Å². The Hall–Kier alpha value is -1.81. The standard InChI is InChI=1S/C15H14BrNO2/c1-10-7-8-12(9-13(10)16)17-14(15(18)19)11-5-3-2-4-6-11/h2-9,14,17H,1H3,(H,18,19). The first-order valence-electron chi connectivity index (χ1n) is 5.88. The van der Waals surface area contributed by atoms with E-state index in [9.17, 15) is 9.90 Å². The van der Waals surface area contributed by atoms with Crippen molar-refractivity contribution >= 4 is 27.6 Å². The highest BCUT2D eigenvalue weighted by molar-refractivity contribution is 9.10. The van der Waals surface area contributed by atoms with E-state index >= 15 is 0 Å². The average Bonchev–Trinajstić information content (AvgIpc) is 2.40. The highest BCUT2D eigenvalue weighted by Crippen LogP contribution is 2.24. The van der Waals surface area contributed by atoms with Crippen LogP contribution < -0.4 is 5.32 Å². The summed E-state index contributed by atoms with van der Waals surface area (Å²) in [5.41, 5.74) is 2.61. The molecule has 2 aromatic rings. The number of carbonyl (C=O) groups is 1. The molecule has 0 spiro atoms. The monoisotopic (exact) mass is 319 g/mol. The minimum Gasteiger partial charge on any atom is -0.479 e. The minimum atomic E-state index is -0.900. The lowest BCUT2D eigenvalue weighted by molar-refractivity contribution is -0.138. The summed E-state index contributed by atoms with van der Waals surface area (Å²) < 4.78 is 0.953. The number of hydrogen-bond donors (Lipinski definition) is 2. The van der Waals surface area contributed by atoms with Crippen molar-refractivity contribution < 1.29 is 9.90 Å². The zero-order valence-electron chi connectivity index (χ0n) is 10.4. The van der Waals surface area contributed by atoms with E-state index in [0.29, 0.717) is 0 Å². The van der Waals surface area contributed by atoms with Crippen molar-refractivity contribution in [1.82, 2.24) is 0 Å². The summed E-state index contributed by atoms with van der Waals surface area (Å²) in [6.45, 7) is 1.99. The van der Waals surface area contributed by atoms with Gasteiger partial charge in [-0.3, -0.25) is 0 Å². The molecule has 0 radical (unpaired) electrons. The zero-order valence-corrected chi connectivity index (χ0v) is 12.0. The van der Waals surface area contributed by atoms with Gasteiger partial charge in [-0.05, 0) is 30.2 Å². The highest BCUT2D eigenvalue weighted by Gasteiger charge is 2.19. The molecule has 98 valence electrons. The zero-order chi connectivity index (χ0) is 13.8. The van der Waals surface area contributed by atoms with Crippen molar-refractivity contribution in [3.05, 3.63) is 64.1 Å². The Morgan fingerprint density at radius 1 is 1.21 bits per heavy atom. The number of nitrogens with one attached hydrogen (secondary N) is 1. The van der Waals surface area contributed by atoms with Gasteiger partial charge in [-0.15, -0.1) is 0 Å². The number of carboxylic acids is 1. The Balaban J connectivity index is 2.27. The van der Waals surface area contributed by atoms with Crippen LogP contribution in [0.25, 0.3) is 0 Å². The highest BCUT2D eigenvalue weighted by atomic mass is 79.9. The van der Waals surface area contributed by atoms with Crippen molar-refractivity contribution in [2.45, 2.75) is 13.0 Å². The second-order valence-electron chi connectivity index (χ2n) is 4.29. The molecule has 0 heterocycles. The van der Waals surface area contributed by atoms with E-state index in [1.165, 1.54) is 0 Å². The van der Waals surface area contributed by atoms with E-state index in [-0.39, 0.29) is 0 Å². The Morgan fingerprint density at radius 3 is 2.47 bits per heavy atom. The Kier molecular flexibility index (Phi) is 4.22. The van der Waals surface area contributed by atoms with E-state index in [4.69, 9.17) is 0 Å². The largest absolute Gasteiger partial charge is 0.479 e. The molecule has 1 unspecified atom stereocenters. The maximum Gasteiger partial charge on any atom is 0.330 e. The molecular weight excluding hydrogens is 306 g/mol. The van der Waals surface area contributed by atoms with Crippen LogP contribution in [0.1, 0.15) is 17.2 Å². The lowest BCUT2D eigenvalue weighted by Gasteiger charge is -2.16. The quantitative estimate of drug-likeness (QED) is 0.895.